The highest BCUT2D eigenvalue weighted by molar-refractivity contribution is 5.80. The van der Waals surface area contributed by atoms with Crippen LogP contribution >= 0.6 is 0 Å². The van der Waals surface area contributed by atoms with Crippen LogP contribution in [0.15, 0.2) is 0 Å². The van der Waals surface area contributed by atoms with Gasteiger partial charge in [-0.2, -0.15) is 0 Å². The molecule has 0 aromatic rings. The predicted molar refractivity (Wildman–Crippen MR) is 67.7 cm³/mol. The zero-order valence-corrected chi connectivity index (χ0v) is 10.9. The molecule has 17 heavy (non-hydrogen) atoms. The first-order chi connectivity index (χ1) is 8.09. The Hall–Kier alpha value is -0.650. The number of hydrogen-bond acceptors (Lipinski definition) is 4. The predicted octanol–water partition coefficient (Wildman–Crippen LogP) is -0.772. The highest BCUT2D eigenvalue weighted by Gasteiger charge is 2.36. The Labute approximate surface area is 103 Å². The Bertz CT molecular complexity index is 282. The van der Waals surface area contributed by atoms with Crippen LogP contribution in [-0.4, -0.2) is 66.6 Å². The van der Waals surface area contributed by atoms with Crippen LogP contribution in [-0.2, 0) is 4.79 Å². The molecule has 1 amide bonds. The van der Waals surface area contributed by atoms with Crippen molar-refractivity contribution in [2.75, 3.05) is 32.7 Å². The van der Waals surface area contributed by atoms with Crippen LogP contribution in [0.4, 0.5) is 0 Å². The molecule has 98 valence electrons. The van der Waals surface area contributed by atoms with Gasteiger partial charge in [-0.15, -0.1) is 0 Å². The normalized spacial score (nSPS) is 32.2. The summed E-state index contributed by atoms with van der Waals surface area (Å²) in [6, 6.07) is 0.966. The SMILES string of the molecule is CC(C)N1CCC(N2CCNCC2C(N)=O)C1. The molecule has 2 aliphatic heterocycles. The van der Waals surface area contributed by atoms with E-state index in [0.717, 1.165) is 32.6 Å². The van der Waals surface area contributed by atoms with E-state index in [1.165, 1.54) is 0 Å². The van der Waals surface area contributed by atoms with Crippen molar-refractivity contribution in [3.05, 3.63) is 0 Å². The monoisotopic (exact) mass is 240 g/mol. The maximum Gasteiger partial charge on any atom is 0.236 e. The molecule has 0 aromatic heterocycles. The summed E-state index contributed by atoms with van der Waals surface area (Å²) in [6.07, 6.45) is 1.15. The minimum atomic E-state index is -0.194. The largest absolute Gasteiger partial charge is 0.368 e. The van der Waals surface area contributed by atoms with Gasteiger partial charge in [0.2, 0.25) is 5.91 Å². The lowest BCUT2D eigenvalue weighted by Crippen LogP contribution is -2.60. The second kappa shape index (κ2) is 5.33. The Morgan fingerprint density at radius 2 is 2.18 bits per heavy atom. The number of likely N-dealkylation sites (tertiary alicyclic amines) is 1. The molecule has 2 rings (SSSR count). The van der Waals surface area contributed by atoms with Crippen molar-refractivity contribution in [3.63, 3.8) is 0 Å². The van der Waals surface area contributed by atoms with Crippen molar-refractivity contribution in [2.24, 2.45) is 5.73 Å². The third-order valence-corrected chi connectivity index (χ3v) is 4.01. The lowest BCUT2D eigenvalue weighted by molar-refractivity contribution is -0.124. The average Bonchev–Trinajstić information content (AvgIpc) is 2.78. The van der Waals surface area contributed by atoms with Gasteiger partial charge in [-0.25, -0.2) is 0 Å². The molecule has 2 heterocycles. The number of piperazine rings is 1. The molecular weight excluding hydrogens is 216 g/mol. The number of carbonyl (C=O) groups excluding carboxylic acids is 1. The fraction of sp³-hybridized carbons (Fsp3) is 0.917. The van der Waals surface area contributed by atoms with Gasteiger partial charge in [0, 0.05) is 44.8 Å². The van der Waals surface area contributed by atoms with E-state index in [1.54, 1.807) is 0 Å². The molecule has 0 aliphatic carbocycles. The quantitative estimate of drug-likeness (QED) is 0.680. The molecule has 5 heteroatoms. The van der Waals surface area contributed by atoms with Crippen molar-refractivity contribution in [1.29, 1.82) is 0 Å². The third kappa shape index (κ3) is 2.78. The standard InChI is InChI=1S/C12H24N4O/c1-9(2)15-5-3-10(8-15)16-6-4-14-7-11(16)12(13)17/h9-11,14H,3-8H2,1-2H3,(H2,13,17). The number of amides is 1. The Balaban J connectivity index is 1.98. The van der Waals surface area contributed by atoms with Gasteiger partial charge in [0.25, 0.3) is 0 Å². The van der Waals surface area contributed by atoms with Gasteiger partial charge in [-0.1, -0.05) is 0 Å². The lowest BCUT2D eigenvalue weighted by Gasteiger charge is -2.38. The van der Waals surface area contributed by atoms with Gasteiger partial charge in [-0.3, -0.25) is 14.6 Å². The van der Waals surface area contributed by atoms with Crippen LogP contribution in [0.25, 0.3) is 0 Å². The smallest absolute Gasteiger partial charge is 0.236 e. The molecule has 2 atom stereocenters. The Kier molecular flexibility index (Phi) is 4.01. The maximum absolute atomic E-state index is 11.5. The first-order valence-electron chi connectivity index (χ1n) is 6.59. The summed E-state index contributed by atoms with van der Waals surface area (Å²) >= 11 is 0. The Morgan fingerprint density at radius 1 is 1.41 bits per heavy atom. The van der Waals surface area contributed by atoms with Crippen LogP contribution in [0.3, 0.4) is 0 Å². The highest BCUT2D eigenvalue weighted by atomic mass is 16.1. The number of hydrogen-bond donors (Lipinski definition) is 2. The van der Waals surface area contributed by atoms with Crippen LogP contribution in [0.5, 0.6) is 0 Å². The molecule has 3 N–H and O–H groups in total. The molecule has 0 spiro atoms. The van der Waals surface area contributed by atoms with E-state index in [2.05, 4.69) is 29.0 Å². The molecule has 0 radical (unpaired) electrons. The number of primary amides is 1. The number of nitrogens with two attached hydrogens (primary N) is 1. The fourth-order valence-corrected chi connectivity index (χ4v) is 2.93. The summed E-state index contributed by atoms with van der Waals surface area (Å²) in [5.41, 5.74) is 5.49. The van der Waals surface area contributed by atoms with Crippen LogP contribution in [0.1, 0.15) is 20.3 Å². The van der Waals surface area contributed by atoms with Crippen molar-refractivity contribution < 1.29 is 4.79 Å². The summed E-state index contributed by atoms with van der Waals surface area (Å²) < 4.78 is 0. The zero-order valence-electron chi connectivity index (χ0n) is 10.9. The van der Waals surface area contributed by atoms with E-state index in [4.69, 9.17) is 5.73 Å². The lowest BCUT2D eigenvalue weighted by atomic mass is 10.1. The van der Waals surface area contributed by atoms with Crippen molar-refractivity contribution >= 4 is 5.91 Å². The van der Waals surface area contributed by atoms with Gasteiger partial charge in [0.1, 0.15) is 6.04 Å². The summed E-state index contributed by atoms with van der Waals surface area (Å²) in [6.45, 7) is 9.26. The number of carbonyl (C=O) groups is 1. The van der Waals surface area contributed by atoms with Crippen molar-refractivity contribution in [1.82, 2.24) is 15.1 Å². The zero-order chi connectivity index (χ0) is 12.4. The molecule has 0 aromatic carbocycles. The second-order valence-corrected chi connectivity index (χ2v) is 5.39. The highest BCUT2D eigenvalue weighted by Crippen LogP contribution is 2.20. The number of nitrogens with one attached hydrogen (secondary N) is 1. The van der Waals surface area contributed by atoms with Gasteiger partial charge in [-0.05, 0) is 20.3 Å². The molecule has 2 fully saturated rings. The van der Waals surface area contributed by atoms with Gasteiger partial charge in [0.15, 0.2) is 0 Å². The second-order valence-electron chi connectivity index (χ2n) is 5.39. The molecule has 0 saturated carbocycles. The van der Waals surface area contributed by atoms with E-state index in [9.17, 15) is 4.79 Å². The summed E-state index contributed by atoms with van der Waals surface area (Å²) in [5, 5.41) is 3.25. The molecule has 5 nitrogen and oxygen atoms in total. The average molecular weight is 240 g/mol. The summed E-state index contributed by atoms with van der Waals surface area (Å²) in [5.74, 6) is -0.194. The van der Waals surface area contributed by atoms with E-state index in [0.29, 0.717) is 18.6 Å². The minimum absolute atomic E-state index is 0.124. The number of nitrogens with zero attached hydrogens (tertiary/aromatic N) is 2. The van der Waals surface area contributed by atoms with E-state index >= 15 is 0 Å². The number of rotatable bonds is 3. The molecule has 0 bridgehead atoms. The van der Waals surface area contributed by atoms with E-state index in [1.807, 2.05) is 0 Å². The van der Waals surface area contributed by atoms with Gasteiger partial charge in [0.05, 0.1) is 0 Å². The first kappa shape index (κ1) is 12.8. The maximum atomic E-state index is 11.5. The Morgan fingerprint density at radius 3 is 2.76 bits per heavy atom. The third-order valence-electron chi connectivity index (χ3n) is 4.01. The molecule has 2 saturated heterocycles. The molecule has 2 unspecified atom stereocenters. The molecular formula is C12H24N4O. The fourth-order valence-electron chi connectivity index (χ4n) is 2.93. The summed E-state index contributed by atoms with van der Waals surface area (Å²) in [7, 11) is 0. The summed E-state index contributed by atoms with van der Waals surface area (Å²) in [4.78, 5) is 16.2. The van der Waals surface area contributed by atoms with Crippen LogP contribution < -0.4 is 11.1 Å². The van der Waals surface area contributed by atoms with Crippen molar-refractivity contribution in [3.8, 4) is 0 Å². The van der Waals surface area contributed by atoms with Crippen LogP contribution in [0.2, 0.25) is 0 Å². The first-order valence-corrected chi connectivity index (χ1v) is 6.59. The molecule has 2 aliphatic rings. The van der Waals surface area contributed by atoms with Crippen LogP contribution in [0, 0.1) is 0 Å². The van der Waals surface area contributed by atoms with Gasteiger partial charge >= 0.3 is 0 Å². The minimum Gasteiger partial charge on any atom is -0.368 e. The van der Waals surface area contributed by atoms with Gasteiger partial charge < -0.3 is 11.1 Å². The van der Waals surface area contributed by atoms with E-state index < -0.39 is 0 Å². The van der Waals surface area contributed by atoms with E-state index in [-0.39, 0.29) is 11.9 Å². The van der Waals surface area contributed by atoms with Crippen molar-refractivity contribution in [2.45, 2.75) is 38.4 Å². The topological polar surface area (TPSA) is 61.6 Å².